The molecule has 0 saturated carbocycles. The number of methoxy groups -OCH3 is 1. The summed E-state index contributed by atoms with van der Waals surface area (Å²) in [6.45, 7) is 0. The lowest BCUT2D eigenvalue weighted by Gasteiger charge is -2.18. The zero-order valence-corrected chi connectivity index (χ0v) is 19.7. The van der Waals surface area contributed by atoms with Gasteiger partial charge < -0.3 is 10.1 Å². The Balaban J connectivity index is 1.50. The Morgan fingerprint density at radius 1 is 0.941 bits per heavy atom. The van der Waals surface area contributed by atoms with Crippen LogP contribution in [0.3, 0.4) is 0 Å². The van der Waals surface area contributed by atoms with Crippen LogP contribution in [-0.4, -0.2) is 21.4 Å². The second kappa shape index (κ2) is 10.1. The van der Waals surface area contributed by atoms with E-state index >= 15 is 0 Å². The van der Waals surface area contributed by atoms with Gasteiger partial charge in [0.25, 0.3) is 15.9 Å². The largest absolute Gasteiger partial charge is 0.497 e. The van der Waals surface area contributed by atoms with Crippen molar-refractivity contribution in [2.24, 2.45) is 0 Å². The Labute approximate surface area is 201 Å². The number of sulfonamides is 1. The van der Waals surface area contributed by atoms with Crippen LogP contribution in [0.25, 0.3) is 0 Å². The predicted molar refractivity (Wildman–Crippen MR) is 130 cm³/mol. The van der Waals surface area contributed by atoms with Crippen LogP contribution in [0, 0.1) is 5.82 Å². The molecule has 1 aromatic heterocycles. The van der Waals surface area contributed by atoms with Gasteiger partial charge in [-0.3, -0.25) is 9.52 Å². The molecule has 1 atom stereocenters. The first-order valence-corrected chi connectivity index (χ1v) is 12.6. The normalized spacial score (nSPS) is 12.1. The molecule has 0 radical (unpaired) electrons. The summed E-state index contributed by atoms with van der Waals surface area (Å²) in [7, 11) is -2.31. The average Bonchev–Trinajstić information content (AvgIpc) is 3.38. The molecule has 0 spiro atoms. The van der Waals surface area contributed by atoms with Gasteiger partial charge >= 0.3 is 0 Å². The van der Waals surface area contributed by atoms with Gasteiger partial charge in [-0.25, -0.2) is 12.8 Å². The maximum Gasteiger partial charge on any atom is 0.261 e. The van der Waals surface area contributed by atoms with Crippen LogP contribution in [0.5, 0.6) is 5.75 Å². The van der Waals surface area contributed by atoms with Crippen LogP contribution < -0.4 is 14.8 Å². The minimum absolute atomic E-state index is 0.0215. The molecule has 1 amide bonds. The third kappa shape index (κ3) is 5.44. The number of carbonyl (C=O) groups is 1. The fraction of sp³-hybridized carbons (Fsp3) is 0.0800. The van der Waals surface area contributed by atoms with Crippen molar-refractivity contribution in [1.29, 1.82) is 0 Å². The molecule has 0 aliphatic carbocycles. The number of thiophene rings is 1. The fourth-order valence-corrected chi connectivity index (χ4v) is 5.16. The van der Waals surface area contributed by atoms with E-state index in [1.54, 1.807) is 36.4 Å². The van der Waals surface area contributed by atoms with E-state index in [9.17, 15) is 17.6 Å². The number of halogens is 1. The predicted octanol–water partition coefficient (Wildman–Crippen LogP) is 5.22. The molecule has 1 heterocycles. The summed E-state index contributed by atoms with van der Waals surface area (Å²) in [5.41, 5.74) is 1.42. The molecule has 0 bridgehead atoms. The van der Waals surface area contributed by atoms with E-state index in [-0.39, 0.29) is 16.6 Å². The van der Waals surface area contributed by atoms with Gasteiger partial charge in [0.2, 0.25) is 0 Å². The van der Waals surface area contributed by atoms with Crippen LogP contribution >= 0.6 is 11.3 Å². The highest BCUT2D eigenvalue weighted by Gasteiger charge is 2.20. The van der Waals surface area contributed by atoms with E-state index < -0.39 is 16.1 Å². The molecular weight excluding hydrogens is 475 g/mol. The number of ether oxygens (including phenoxy) is 1. The van der Waals surface area contributed by atoms with Crippen molar-refractivity contribution >= 4 is 33.0 Å². The van der Waals surface area contributed by atoms with Gasteiger partial charge in [-0.1, -0.05) is 18.2 Å². The lowest BCUT2D eigenvalue weighted by molar-refractivity contribution is 0.0943. The molecule has 0 aliphatic heterocycles. The number of carbonyl (C=O) groups excluding carboxylic acids is 1. The summed E-state index contributed by atoms with van der Waals surface area (Å²) in [5, 5.41) is 4.85. The third-order valence-corrected chi connectivity index (χ3v) is 7.41. The Bertz CT molecular complexity index is 1350. The summed E-state index contributed by atoms with van der Waals surface area (Å²) in [5.74, 6) is -0.130. The van der Waals surface area contributed by atoms with Crippen molar-refractivity contribution in [2.75, 3.05) is 11.8 Å². The Kier molecular flexibility index (Phi) is 6.95. The number of hydrogen-bond donors (Lipinski definition) is 2. The van der Waals surface area contributed by atoms with Crippen LogP contribution in [0.15, 0.2) is 95.2 Å². The molecular formula is C25H21FN2O4S2. The lowest BCUT2D eigenvalue weighted by atomic mass is 10.0. The second-order valence-electron chi connectivity index (χ2n) is 7.33. The lowest BCUT2D eigenvalue weighted by Crippen LogP contribution is -2.28. The molecule has 4 rings (SSSR count). The SMILES string of the molecule is COc1ccc(NS(=O)(=O)c2ccc(C(=O)NC(c3ccc(F)cc3)c3cccs3)cc2)cc1. The minimum atomic E-state index is -3.84. The number of benzene rings is 3. The highest BCUT2D eigenvalue weighted by atomic mass is 32.2. The van der Waals surface area contributed by atoms with Gasteiger partial charge in [0.1, 0.15) is 11.6 Å². The highest BCUT2D eigenvalue weighted by Crippen LogP contribution is 2.27. The Morgan fingerprint density at radius 3 is 2.21 bits per heavy atom. The molecule has 174 valence electrons. The van der Waals surface area contributed by atoms with Crippen molar-refractivity contribution < 1.29 is 22.3 Å². The second-order valence-corrected chi connectivity index (χ2v) is 9.99. The summed E-state index contributed by atoms with van der Waals surface area (Å²) in [6, 6.07) is 21.4. The fourth-order valence-electron chi connectivity index (χ4n) is 3.30. The van der Waals surface area contributed by atoms with Crippen LogP contribution in [0.4, 0.5) is 10.1 Å². The van der Waals surface area contributed by atoms with Gasteiger partial charge in [0.05, 0.1) is 18.0 Å². The van der Waals surface area contributed by atoms with Gasteiger partial charge in [-0.2, -0.15) is 0 Å². The highest BCUT2D eigenvalue weighted by molar-refractivity contribution is 7.92. The van der Waals surface area contributed by atoms with E-state index in [1.165, 1.54) is 54.8 Å². The van der Waals surface area contributed by atoms with E-state index in [2.05, 4.69) is 10.0 Å². The number of anilines is 1. The topological polar surface area (TPSA) is 84.5 Å². The first-order chi connectivity index (χ1) is 16.4. The van der Waals surface area contributed by atoms with Crippen LogP contribution in [0.2, 0.25) is 0 Å². The maximum atomic E-state index is 13.4. The Hall–Kier alpha value is -3.69. The quantitative estimate of drug-likeness (QED) is 0.351. The smallest absolute Gasteiger partial charge is 0.261 e. The Morgan fingerprint density at radius 2 is 1.62 bits per heavy atom. The summed E-state index contributed by atoms with van der Waals surface area (Å²) >= 11 is 1.47. The van der Waals surface area contributed by atoms with Crippen LogP contribution in [0.1, 0.15) is 26.8 Å². The van der Waals surface area contributed by atoms with Crippen molar-refractivity contribution in [2.45, 2.75) is 10.9 Å². The first kappa shape index (κ1) is 23.5. The number of amides is 1. The van der Waals surface area contributed by atoms with Crippen molar-refractivity contribution in [3.63, 3.8) is 0 Å². The zero-order chi connectivity index (χ0) is 24.1. The molecule has 4 aromatic rings. The monoisotopic (exact) mass is 496 g/mol. The molecule has 0 aliphatic rings. The molecule has 0 fully saturated rings. The molecule has 2 N–H and O–H groups in total. The van der Waals surface area contributed by atoms with Crippen molar-refractivity contribution in [1.82, 2.24) is 5.32 Å². The minimum Gasteiger partial charge on any atom is -0.497 e. The maximum absolute atomic E-state index is 13.4. The average molecular weight is 497 g/mol. The van der Waals surface area contributed by atoms with Crippen molar-refractivity contribution in [3.8, 4) is 5.75 Å². The third-order valence-electron chi connectivity index (χ3n) is 5.08. The first-order valence-electron chi connectivity index (χ1n) is 10.2. The summed E-state index contributed by atoms with van der Waals surface area (Å²) in [6.07, 6.45) is 0. The number of nitrogens with one attached hydrogen (secondary N) is 2. The molecule has 6 nitrogen and oxygen atoms in total. The van der Waals surface area contributed by atoms with Gasteiger partial charge in [-0.05, 0) is 77.7 Å². The van der Waals surface area contributed by atoms with Crippen LogP contribution in [-0.2, 0) is 10.0 Å². The van der Waals surface area contributed by atoms with Gasteiger partial charge in [0, 0.05) is 16.1 Å². The molecule has 34 heavy (non-hydrogen) atoms. The van der Waals surface area contributed by atoms with E-state index in [0.717, 1.165) is 10.4 Å². The molecule has 1 unspecified atom stereocenters. The number of hydrogen-bond acceptors (Lipinski definition) is 5. The molecule has 0 saturated heterocycles. The summed E-state index contributed by atoms with van der Waals surface area (Å²) < 4.78 is 46.4. The van der Waals surface area contributed by atoms with Gasteiger partial charge in [-0.15, -0.1) is 11.3 Å². The van der Waals surface area contributed by atoms with Crippen molar-refractivity contribution in [3.05, 3.63) is 112 Å². The van der Waals surface area contributed by atoms with Gasteiger partial charge in [0.15, 0.2) is 0 Å². The van der Waals surface area contributed by atoms with E-state index in [0.29, 0.717) is 17.0 Å². The zero-order valence-electron chi connectivity index (χ0n) is 18.1. The molecule has 3 aromatic carbocycles. The summed E-state index contributed by atoms with van der Waals surface area (Å²) in [4.78, 5) is 13.9. The number of rotatable bonds is 8. The standard InChI is InChI=1S/C25H21FN2O4S2/c1-32-21-12-10-20(11-13-21)28-34(30,31)22-14-6-18(7-15-22)25(29)27-24(23-3-2-16-33-23)17-4-8-19(26)9-5-17/h2-16,24,28H,1H3,(H,27,29). The molecule has 9 heteroatoms. The van der Waals surface area contributed by atoms with E-state index in [4.69, 9.17) is 4.74 Å². The van der Waals surface area contributed by atoms with E-state index in [1.807, 2.05) is 17.5 Å².